The number of benzene rings is 1. The van der Waals surface area contributed by atoms with Crippen molar-refractivity contribution in [2.45, 2.75) is 52.1 Å². The van der Waals surface area contributed by atoms with Gasteiger partial charge in [0.1, 0.15) is 0 Å². The van der Waals surface area contributed by atoms with Crippen molar-refractivity contribution in [1.29, 1.82) is 0 Å². The molecule has 0 saturated carbocycles. The van der Waals surface area contributed by atoms with Crippen molar-refractivity contribution in [2.75, 3.05) is 13.1 Å². The fourth-order valence-electron chi connectivity index (χ4n) is 2.95. The van der Waals surface area contributed by atoms with Crippen LogP contribution in [0.5, 0.6) is 0 Å². The molecule has 3 N–H and O–H groups in total. The fraction of sp³-hybridized carbons (Fsp3) is 0.625. The Bertz CT molecular complexity index is 389. The molecule has 0 aliphatic carbocycles. The molecule has 0 aromatic heterocycles. The normalized spacial score (nSPS) is 16.1. The zero-order valence-electron chi connectivity index (χ0n) is 13.1. The van der Waals surface area contributed by atoms with Crippen molar-refractivity contribution in [3.8, 4) is 0 Å². The summed E-state index contributed by atoms with van der Waals surface area (Å²) in [7, 11) is 0. The van der Waals surface area contributed by atoms with E-state index in [1.165, 1.54) is 5.56 Å². The molecule has 0 amide bonds. The Labute approximate surface area is 128 Å². The minimum absolute atomic E-state index is 0.0396. The average Bonchev–Trinajstić information content (AvgIpc) is 2.47. The third-order valence-corrected chi connectivity index (χ3v) is 4.76. The maximum absolute atomic E-state index is 5.95. The summed E-state index contributed by atoms with van der Waals surface area (Å²) in [6, 6.07) is 8.22. The molecule has 1 rings (SSSR count). The summed E-state index contributed by atoms with van der Waals surface area (Å²) in [6.45, 7) is 11.0. The Balaban J connectivity index is 2.94. The van der Waals surface area contributed by atoms with Crippen molar-refractivity contribution in [2.24, 2.45) is 5.84 Å². The van der Waals surface area contributed by atoms with Gasteiger partial charge in [0.05, 0.1) is 0 Å². The molecule has 0 aliphatic rings. The summed E-state index contributed by atoms with van der Waals surface area (Å²) in [5, 5.41) is 0.771. The standard InChI is InChI=1S/C16H28ClN3/c1-5-16(4,20(6-2)7-3)15(19-18)12-13-8-10-14(17)11-9-13/h8-11,15,19H,5-7,12,18H2,1-4H3. The lowest BCUT2D eigenvalue weighted by atomic mass is 9.83. The first kappa shape index (κ1) is 17.4. The molecule has 0 spiro atoms. The number of hydrazine groups is 1. The maximum atomic E-state index is 5.95. The quantitative estimate of drug-likeness (QED) is 0.572. The van der Waals surface area contributed by atoms with E-state index in [0.717, 1.165) is 31.0 Å². The van der Waals surface area contributed by atoms with Crippen LogP contribution < -0.4 is 11.3 Å². The largest absolute Gasteiger partial charge is 0.297 e. The molecule has 0 aliphatic heterocycles. The Hall–Kier alpha value is -0.610. The second-order valence-corrected chi connectivity index (χ2v) is 5.87. The fourth-order valence-corrected chi connectivity index (χ4v) is 3.08. The number of likely N-dealkylation sites (N-methyl/N-ethyl adjacent to an activating group) is 1. The van der Waals surface area contributed by atoms with Gasteiger partial charge in [-0.1, -0.05) is 44.5 Å². The van der Waals surface area contributed by atoms with E-state index in [9.17, 15) is 0 Å². The summed E-state index contributed by atoms with van der Waals surface area (Å²) >= 11 is 5.95. The van der Waals surface area contributed by atoms with E-state index in [1.54, 1.807) is 0 Å². The zero-order chi connectivity index (χ0) is 15.2. The first-order chi connectivity index (χ1) is 9.51. The molecule has 0 bridgehead atoms. The van der Waals surface area contributed by atoms with Gasteiger partial charge in [0.25, 0.3) is 0 Å². The molecular formula is C16H28ClN3. The molecule has 2 atom stereocenters. The summed E-state index contributed by atoms with van der Waals surface area (Å²) in [5.41, 5.74) is 4.32. The molecule has 3 nitrogen and oxygen atoms in total. The highest BCUT2D eigenvalue weighted by molar-refractivity contribution is 6.30. The number of hydrogen-bond donors (Lipinski definition) is 2. The average molecular weight is 298 g/mol. The van der Waals surface area contributed by atoms with Gasteiger partial charge in [0.2, 0.25) is 0 Å². The monoisotopic (exact) mass is 297 g/mol. The van der Waals surface area contributed by atoms with Crippen LogP contribution in [-0.2, 0) is 6.42 Å². The molecule has 4 heteroatoms. The van der Waals surface area contributed by atoms with Gasteiger partial charge in [-0.3, -0.25) is 16.2 Å². The SMILES string of the molecule is CCN(CC)C(C)(CC)C(Cc1ccc(Cl)cc1)NN. The molecular weight excluding hydrogens is 270 g/mol. The van der Waals surface area contributed by atoms with Crippen LogP contribution in [0, 0.1) is 0 Å². The van der Waals surface area contributed by atoms with E-state index in [-0.39, 0.29) is 11.6 Å². The number of halogens is 1. The van der Waals surface area contributed by atoms with Crippen LogP contribution in [0.1, 0.15) is 39.7 Å². The third-order valence-electron chi connectivity index (χ3n) is 4.51. The molecule has 1 aromatic carbocycles. The van der Waals surface area contributed by atoms with E-state index in [1.807, 2.05) is 12.1 Å². The van der Waals surface area contributed by atoms with Crippen molar-refractivity contribution in [3.63, 3.8) is 0 Å². The van der Waals surface area contributed by atoms with Crippen LogP contribution in [0.15, 0.2) is 24.3 Å². The highest BCUT2D eigenvalue weighted by Gasteiger charge is 2.36. The first-order valence-electron chi connectivity index (χ1n) is 7.47. The predicted octanol–water partition coefficient (Wildman–Crippen LogP) is 3.22. The Morgan fingerprint density at radius 3 is 2.15 bits per heavy atom. The Kier molecular flexibility index (Phi) is 6.96. The molecule has 0 heterocycles. The van der Waals surface area contributed by atoms with Gasteiger partial charge in [-0.05, 0) is 50.6 Å². The van der Waals surface area contributed by atoms with E-state index in [2.05, 4.69) is 50.2 Å². The zero-order valence-corrected chi connectivity index (χ0v) is 13.9. The van der Waals surface area contributed by atoms with Gasteiger partial charge in [-0.15, -0.1) is 0 Å². The first-order valence-corrected chi connectivity index (χ1v) is 7.85. The van der Waals surface area contributed by atoms with Crippen LogP contribution in [0.3, 0.4) is 0 Å². The van der Waals surface area contributed by atoms with Crippen LogP contribution in [0.4, 0.5) is 0 Å². The highest BCUT2D eigenvalue weighted by Crippen LogP contribution is 2.26. The molecule has 0 fully saturated rings. The molecule has 114 valence electrons. The van der Waals surface area contributed by atoms with Gasteiger partial charge in [0.15, 0.2) is 0 Å². The number of nitrogens with two attached hydrogens (primary N) is 1. The number of nitrogens with one attached hydrogen (secondary N) is 1. The molecule has 1 aromatic rings. The summed E-state index contributed by atoms with van der Waals surface area (Å²) in [5.74, 6) is 5.86. The lowest BCUT2D eigenvalue weighted by Gasteiger charge is -2.45. The second kappa shape index (κ2) is 7.99. The molecule has 2 unspecified atom stereocenters. The molecule has 0 saturated heterocycles. The van der Waals surface area contributed by atoms with Gasteiger partial charge >= 0.3 is 0 Å². The molecule has 20 heavy (non-hydrogen) atoms. The highest BCUT2D eigenvalue weighted by atomic mass is 35.5. The lowest BCUT2D eigenvalue weighted by molar-refractivity contribution is 0.0701. The van der Waals surface area contributed by atoms with Gasteiger partial charge in [-0.25, -0.2) is 0 Å². The van der Waals surface area contributed by atoms with Crippen LogP contribution in [0.2, 0.25) is 5.02 Å². The predicted molar refractivity (Wildman–Crippen MR) is 87.9 cm³/mol. The smallest absolute Gasteiger partial charge is 0.0432 e. The van der Waals surface area contributed by atoms with E-state index < -0.39 is 0 Å². The van der Waals surface area contributed by atoms with E-state index in [0.29, 0.717) is 0 Å². The Morgan fingerprint density at radius 1 is 1.20 bits per heavy atom. The summed E-state index contributed by atoms with van der Waals surface area (Å²) < 4.78 is 0. The van der Waals surface area contributed by atoms with Crippen LogP contribution in [0.25, 0.3) is 0 Å². The van der Waals surface area contributed by atoms with Gasteiger partial charge in [0, 0.05) is 16.6 Å². The van der Waals surface area contributed by atoms with Crippen LogP contribution in [-0.4, -0.2) is 29.6 Å². The van der Waals surface area contributed by atoms with Crippen molar-refractivity contribution in [3.05, 3.63) is 34.9 Å². The van der Waals surface area contributed by atoms with Crippen LogP contribution >= 0.6 is 11.6 Å². The van der Waals surface area contributed by atoms with Gasteiger partial charge < -0.3 is 0 Å². The van der Waals surface area contributed by atoms with E-state index >= 15 is 0 Å². The Morgan fingerprint density at radius 2 is 1.75 bits per heavy atom. The number of hydrogen-bond acceptors (Lipinski definition) is 3. The minimum atomic E-state index is 0.0396. The topological polar surface area (TPSA) is 41.3 Å². The maximum Gasteiger partial charge on any atom is 0.0432 e. The van der Waals surface area contributed by atoms with Crippen molar-refractivity contribution >= 4 is 11.6 Å². The van der Waals surface area contributed by atoms with Crippen molar-refractivity contribution in [1.82, 2.24) is 10.3 Å². The number of rotatable bonds is 8. The lowest BCUT2D eigenvalue weighted by Crippen LogP contribution is -2.61. The second-order valence-electron chi connectivity index (χ2n) is 5.43. The van der Waals surface area contributed by atoms with E-state index in [4.69, 9.17) is 17.4 Å². The van der Waals surface area contributed by atoms with Gasteiger partial charge in [-0.2, -0.15) is 0 Å². The van der Waals surface area contributed by atoms with Crippen molar-refractivity contribution < 1.29 is 0 Å². The third kappa shape index (κ3) is 3.95. The molecule has 0 radical (unpaired) electrons. The minimum Gasteiger partial charge on any atom is -0.297 e. The summed E-state index contributed by atoms with van der Waals surface area (Å²) in [4.78, 5) is 2.48. The number of nitrogens with zero attached hydrogens (tertiary/aromatic N) is 1. The summed E-state index contributed by atoms with van der Waals surface area (Å²) in [6.07, 6.45) is 1.95.